The third-order valence-corrected chi connectivity index (χ3v) is 10.6. The molecule has 0 aliphatic heterocycles. The van der Waals surface area contributed by atoms with Gasteiger partial charge in [-0.05, 0) is 62.0 Å². The molecule has 0 saturated heterocycles. The van der Waals surface area contributed by atoms with E-state index in [0.29, 0.717) is 17.5 Å². The Kier molecular flexibility index (Phi) is 6.52. The first-order valence-electron chi connectivity index (χ1n) is 17.9. The first-order chi connectivity index (χ1) is 26.3. The van der Waals surface area contributed by atoms with Gasteiger partial charge in [-0.2, -0.15) is 0 Å². The van der Waals surface area contributed by atoms with Crippen molar-refractivity contribution in [2.24, 2.45) is 0 Å². The zero-order chi connectivity index (χ0) is 34.9. The summed E-state index contributed by atoms with van der Waals surface area (Å²) in [6.45, 7) is 0. The normalized spacial score (nSPS) is 11.8. The highest BCUT2D eigenvalue weighted by Gasteiger charge is 2.17. The van der Waals surface area contributed by atoms with E-state index < -0.39 is 0 Å². The lowest BCUT2D eigenvalue weighted by Gasteiger charge is -2.13. The predicted octanol–water partition coefficient (Wildman–Crippen LogP) is 12.6. The van der Waals surface area contributed by atoms with Crippen LogP contribution in [0.2, 0.25) is 0 Å². The number of rotatable bonds is 4. The molecule has 0 amide bonds. The molecule has 53 heavy (non-hydrogen) atoms. The third-order valence-electron chi connectivity index (χ3n) is 10.6. The summed E-state index contributed by atoms with van der Waals surface area (Å²) in [7, 11) is 0. The van der Waals surface area contributed by atoms with Crippen molar-refractivity contribution in [3.05, 3.63) is 182 Å². The summed E-state index contributed by atoms with van der Waals surface area (Å²) < 4.78 is 2.38. The summed E-state index contributed by atoms with van der Waals surface area (Å²) in [5.74, 6) is 1.91. The van der Waals surface area contributed by atoms with E-state index in [1.54, 1.807) is 0 Å². The van der Waals surface area contributed by atoms with Gasteiger partial charge in [0.15, 0.2) is 17.5 Å². The van der Waals surface area contributed by atoms with Crippen molar-refractivity contribution >= 4 is 64.9 Å². The Morgan fingerprint density at radius 2 is 0.830 bits per heavy atom. The van der Waals surface area contributed by atoms with E-state index in [1.165, 1.54) is 54.0 Å². The Morgan fingerprint density at radius 3 is 1.60 bits per heavy atom. The minimum absolute atomic E-state index is 0.631. The molecule has 0 aliphatic carbocycles. The Balaban J connectivity index is 1.10. The molecular weight excluding hydrogens is 645 g/mol. The molecule has 4 heteroatoms. The van der Waals surface area contributed by atoms with Gasteiger partial charge in [-0.15, -0.1) is 0 Å². The molecule has 0 atom stereocenters. The van der Waals surface area contributed by atoms with Crippen molar-refractivity contribution in [2.75, 3.05) is 0 Å². The highest BCUT2D eigenvalue weighted by molar-refractivity contribution is 6.19. The Morgan fingerprint density at radius 1 is 0.302 bits per heavy atom. The number of nitrogens with zero attached hydrogens (tertiary/aromatic N) is 4. The Hall–Kier alpha value is -7.17. The third kappa shape index (κ3) is 4.73. The smallest absolute Gasteiger partial charge is 0.164 e. The molecule has 2 aromatic heterocycles. The topological polar surface area (TPSA) is 43.6 Å². The fraction of sp³-hybridized carbons (Fsp3) is 0. The number of hydrogen-bond acceptors (Lipinski definition) is 3. The van der Waals surface area contributed by atoms with Crippen LogP contribution in [0.1, 0.15) is 0 Å². The molecule has 2 heterocycles. The quantitative estimate of drug-likeness (QED) is 0.175. The van der Waals surface area contributed by atoms with Gasteiger partial charge < -0.3 is 4.57 Å². The molecule has 0 saturated carbocycles. The van der Waals surface area contributed by atoms with E-state index in [2.05, 4.69) is 168 Å². The van der Waals surface area contributed by atoms with Crippen LogP contribution in [0, 0.1) is 0 Å². The molecule has 9 aromatic carbocycles. The molecule has 0 N–H and O–H groups in total. The SMILES string of the molecule is c1ccc(-c2nc(-c3cccc(-n4c5ccccc5c5ccc6ccccc6c54)c3)nc(-c3ccc4c(ccc5c6ccccc6ccc45)c3)n2)cc1. The van der Waals surface area contributed by atoms with E-state index in [9.17, 15) is 0 Å². The molecule has 0 fully saturated rings. The summed E-state index contributed by atoms with van der Waals surface area (Å²) in [5, 5.41) is 12.3. The average Bonchev–Trinajstić information content (AvgIpc) is 3.58. The van der Waals surface area contributed by atoms with Crippen LogP contribution in [0.4, 0.5) is 0 Å². The predicted molar refractivity (Wildman–Crippen MR) is 220 cm³/mol. The molecule has 0 spiro atoms. The van der Waals surface area contributed by atoms with Gasteiger partial charge in [0.2, 0.25) is 0 Å². The second-order valence-electron chi connectivity index (χ2n) is 13.6. The second-order valence-corrected chi connectivity index (χ2v) is 13.6. The van der Waals surface area contributed by atoms with Crippen LogP contribution in [-0.2, 0) is 0 Å². The van der Waals surface area contributed by atoms with Gasteiger partial charge in [-0.3, -0.25) is 0 Å². The minimum Gasteiger partial charge on any atom is -0.309 e. The number of benzene rings is 9. The van der Waals surface area contributed by atoms with E-state index in [1.807, 2.05) is 18.2 Å². The summed E-state index contributed by atoms with van der Waals surface area (Å²) in [4.78, 5) is 15.3. The van der Waals surface area contributed by atoms with Gasteiger partial charge in [0.1, 0.15) is 0 Å². The summed E-state index contributed by atoms with van der Waals surface area (Å²) in [6, 6.07) is 64.5. The highest BCUT2D eigenvalue weighted by atomic mass is 15.0. The van der Waals surface area contributed by atoms with Crippen molar-refractivity contribution in [3.63, 3.8) is 0 Å². The van der Waals surface area contributed by atoms with Crippen molar-refractivity contribution in [1.82, 2.24) is 19.5 Å². The molecular formula is C49H30N4. The van der Waals surface area contributed by atoms with Crippen molar-refractivity contribution in [3.8, 4) is 39.9 Å². The van der Waals surface area contributed by atoms with Gasteiger partial charge in [-0.1, -0.05) is 158 Å². The van der Waals surface area contributed by atoms with Crippen LogP contribution in [-0.4, -0.2) is 19.5 Å². The molecule has 11 rings (SSSR count). The van der Waals surface area contributed by atoms with Crippen LogP contribution >= 0.6 is 0 Å². The van der Waals surface area contributed by atoms with E-state index in [-0.39, 0.29) is 0 Å². The molecule has 0 radical (unpaired) electrons. The van der Waals surface area contributed by atoms with E-state index >= 15 is 0 Å². The van der Waals surface area contributed by atoms with Gasteiger partial charge >= 0.3 is 0 Å². The standard InChI is InChI=1S/C49H30N4/c1-2-13-33(14-3-1)47-50-48(52-49(51-47)36-24-25-39-34(29-36)23-27-41-38-17-6-4-11-31(38)21-26-42(39)41)35-15-10-16-37(30-35)53-45-20-9-8-19-43(45)44-28-22-32-12-5-7-18-40(32)46(44)53/h1-30H. The summed E-state index contributed by atoms with van der Waals surface area (Å²) in [6.07, 6.45) is 0. The lowest BCUT2D eigenvalue weighted by atomic mass is 9.96. The molecule has 0 unspecified atom stereocenters. The largest absolute Gasteiger partial charge is 0.309 e. The van der Waals surface area contributed by atoms with Crippen LogP contribution in [0.5, 0.6) is 0 Å². The zero-order valence-corrected chi connectivity index (χ0v) is 28.6. The highest BCUT2D eigenvalue weighted by Crippen LogP contribution is 2.38. The maximum absolute atomic E-state index is 5.18. The minimum atomic E-state index is 0.631. The summed E-state index contributed by atoms with van der Waals surface area (Å²) >= 11 is 0. The van der Waals surface area contributed by atoms with Crippen LogP contribution in [0.3, 0.4) is 0 Å². The maximum atomic E-state index is 5.18. The second kappa shape index (κ2) is 11.7. The molecule has 11 aromatic rings. The van der Waals surface area contributed by atoms with Gasteiger partial charge in [0.25, 0.3) is 0 Å². The molecule has 0 aliphatic rings. The first kappa shape index (κ1) is 29.5. The van der Waals surface area contributed by atoms with Gasteiger partial charge in [-0.25, -0.2) is 15.0 Å². The lowest BCUT2D eigenvalue weighted by molar-refractivity contribution is 1.07. The van der Waals surface area contributed by atoms with E-state index in [4.69, 9.17) is 15.0 Å². The van der Waals surface area contributed by atoms with Crippen molar-refractivity contribution in [1.29, 1.82) is 0 Å². The molecule has 0 bridgehead atoms. The van der Waals surface area contributed by atoms with Gasteiger partial charge in [0.05, 0.1) is 11.0 Å². The van der Waals surface area contributed by atoms with Gasteiger partial charge in [0, 0.05) is 38.5 Å². The van der Waals surface area contributed by atoms with Crippen LogP contribution in [0.15, 0.2) is 182 Å². The zero-order valence-electron chi connectivity index (χ0n) is 28.6. The maximum Gasteiger partial charge on any atom is 0.164 e. The van der Waals surface area contributed by atoms with Crippen molar-refractivity contribution < 1.29 is 0 Å². The van der Waals surface area contributed by atoms with Crippen LogP contribution < -0.4 is 0 Å². The molecule has 4 nitrogen and oxygen atoms in total. The van der Waals surface area contributed by atoms with Crippen molar-refractivity contribution in [2.45, 2.75) is 0 Å². The van der Waals surface area contributed by atoms with Crippen LogP contribution in [0.25, 0.3) is 105 Å². The number of fused-ring (bicyclic) bond motifs is 10. The summed E-state index contributed by atoms with van der Waals surface area (Å²) in [5.41, 5.74) is 6.23. The number of para-hydroxylation sites is 1. The average molecular weight is 675 g/mol. The fourth-order valence-electron chi connectivity index (χ4n) is 8.10. The van der Waals surface area contributed by atoms with E-state index in [0.717, 1.165) is 33.3 Å². The molecule has 246 valence electrons. The number of aromatic nitrogens is 4. The first-order valence-corrected chi connectivity index (χ1v) is 17.9. The Bertz CT molecular complexity index is 3230. The lowest BCUT2D eigenvalue weighted by Crippen LogP contribution is -2.01. The fourth-order valence-corrected chi connectivity index (χ4v) is 8.10. The number of hydrogen-bond donors (Lipinski definition) is 0. The Labute approximate surface area is 305 Å². The monoisotopic (exact) mass is 674 g/mol.